The van der Waals surface area contributed by atoms with Gasteiger partial charge in [-0.15, -0.1) is 0 Å². The maximum Gasteiger partial charge on any atom is 0.161 e. The molecule has 1 fully saturated rings. The van der Waals surface area contributed by atoms with E-state index in [0.29, 0.717) is 17.6 Å². The van der Waals surface area contributed by atoms with Crippen LogP contribution >= 0.6 is 15.9 Å². The molecule has 0 radical (unpaired) electrons. The molecule has 2 N–H and O–H groups in total. The summed E-state index contributed by atoms with van der Waals surface area (Å²) in [5, 5.41) is 0. The van der Waals surface area contributed by atoms with Gasteiger partial charge in [-0.3, -0.25) is 4.90 Å². The molecule has 106 valence electrons. The predicted octanol–water partition coefficient (Wildman–Crippen LogP) is 2.34. The number of anilines is 1. The first-order valence-corrected chi connectivity index (χ1v) is 7.49. The maximum atomic E-state index is 5.97. The number of likely N-dealkylation sites (N-methyl/N-ethyl adjacent to an activating group) is 1. The fourth-order valence-electron chi connectivity index (χ4n) is 2.17. The number of nitrogens with two attached hydrogens (primary N) is 1. The van der Waals surface area contributed by atoms with Gasteiger partial charge in [-0.2, -0.15) is 0 Å². The van der Waals surface area contributed by atoms with Crippen molar-refractivity contribution < 1.29 is 4.74 Å². The van der Waals surface area contributed by atoms with Crippen molar-refractivity contribution in [3.05, 3.63) is 16.0 Å². The molecule has 1 aromatic heterocycles. The van der Waals surface area contributed by atoms with Gasteiger partial charge < -0.3 is 10.5 Å². The minimum absolute atomic E-state index is 0.0819. The summed E-state index contributed by atoms with van der Waals surface area (Å²) >= 11 is 3.46. The van der Waals surface area contributed by atoms with Crippen LogP contribution in [-0.2, 0) is 4.74 Å². The minimum Gasteiger partial charge on any atom is -0.383 e. The third-order valence-corrected chi connectivity index (χ3v) is 4.16. The lowest BCUT2D eigenvalue weighted by Crippen LogP contribution is -2.38. The molecule has 1 aliphatic rings. The van der Waals surface area contributed by atoms with Crippen LogP contribution in [0.2, 0.25) is 0 Å². The van der Waals surface area contributed by atoms with E-state index in [9.17, 15) is 0 Å². The second-order valence-electron chi connectivity index (χ2n) is 5.07. The Bertz CT molecular complexity index is 453. The number of ether oxygens (including phenoxy) is 1. The second kappa shape index (κ2) is 6.15. The number of rotatable bonds is 3. The van der Waals surface area contributed by atoms with E-state index < -0.39 is 0 Å². The maximum absolute atomic E-state index is 5.97. The van der Waals surface area contributed by atoms with E-state index in [-0.39, 0.29) is 6.10 Å². The lowest BCUT2D eigenvalue weighted by atomic mass is 10.1. The molecule has 1 unspecified atom stereocenters. The zero-order valence-corrected chi connectivity index (χ0v) is 13.3. The van der Waals surface area contributed by atoms with Crippen molar-refractivity contribution in [3.8, 4) is 0 Å². The van der Waals surface area contributed by atoms with Crippen molar-refractivity contribution in [2.24, 2.45) is 0 Å². The molecule has 0 saturated carbocycles. The van der Waals surface area contributed by atoms with E-state index in [1.165, 1.54) is 0 Å². The summed E-state index contributed by atoms with van der Waals surface area (Å²) in [6, 6.07) is 0. The van der Waals surface area contributed by atoms with Gasteiger partial charge in [0.25, 0.3) is 0 Å². The van der Waals surface area contributed by atoms with Crippen LogP contribution in [0.3, 0.4) is 0 Å². The summed E-state index contributed by atoms with van der Waals surface area (Å²) in [6.45, 7) is 9.87. The summed E-state index contributed by atoms with van der Waals surface area (Å²) in [6.07, 6.45) is -0.0819. The van der Waals surface area contributed by atoms with Gasteiger partial charge in [0.05, 0.1) is 16.8 Å². The quantitative estimate of drug-likeness (QED) is 0.922. The number of nitrogens with zero attached hydrogens (tertiary/aromatic N) is 3. The fraction of sp³-hybridized carbons (Fsp3) is 0.692. The van der Waals surface area contributed by atoms with Crippen molar-refractivity contribution in [1.29, 1.82) is 0 Å². The van der Waals surface area contributed by atoms with E-state index in [1.807, 2.05) is 0 Å². The van der Waals surface area contributed by atoms with Crippen LogP contribution in [0.4, 0.5) is 5.82 Å². The Kier molecular flexibility index (Phi) is 4.76. The van der Waals surface area contributed by atoms with Crippen LogP contribution < -0.4 is 5.73 Å². The summed E-state index contributed by atoms with van der Waals surface area (Å²) in [4.78, 5) is 11.3. The molecule has 2 heterocycles. The van der Waals surface area contributed by atoms with E-state index >= 15 is 0 Å². The Morgan fingerprint density at radius 3 is 2.84 bits per heavy atom. The Labute approximate surface area is 122 Å². The highest BCUT2D eigenvalue weighted by atomic mass is 79.9. The molecular weight excluding hydrogens is 308 g/mol. The highest BCUT2D eigenvalue weighted by molar-refractivity contribution is 9.10. The van der Waals surface area contributed by atoms with Crippen molar-refractivity contribution in [2.75, 3.05) is 32.0 Å². The Balaban J connectivity index is 2.29. The zero-order chi connectivity index (χ0) is 14.0. The molecule has 1 saturated heterocycles. The number of hydrogen-bond acceptors (Lipinski definition) is 5. The minimum atomic E-state index is -0.0819. The molecule has 19 heavy (non-hydrogen) atoms. The second-order valence-corrected chi connectivity index (χ2v) is 5.87. The molecule has 6 heteroatoms. The molecule has 0 bridgehead atoms. The Morgan fingerprint density at radius 2 is 2.21 bits per heavy atom. The fourth-order valence-corrected chi connectivity index (χ4v) is 2.81. The van der Waals surface area contributed by atoms with Gasteiger partial charge in [0.15, 0.2) is 5.82 Å². The van der Waals surface area contributed by atoms with Crippen LogP contribution in [-0.4, -0.2) is 41.1 Å². The van der Waals surface area contributed by atoms with E-state index in [2.05, 4.69) is 51.6 Å². The molecule has 1 atom stereocenters. The molecule has 0 aliphatic carbocycles. The molecule has 0 amide bonds. The van der Waals surface area contributed by atoms with Gasteiger partial charge in [-0.1, -0.05) is 20.8 Å². The van der Waals surface area contributed by atoms with Crippen molar-refractivity contribution in [2.45, 2.75) is 32.8 Å². The van der Waals surface area contributed by atoms with Crippen LogP contribution in [0.5, 0.6) is 0 Å². The predicted molar refractivity (Wildman–Crippen MR) is 79.0 cm³/mol. The monoisotopic (exact) mass is 328 g/mol. The van der Waals surface area contributed by atoms with Gasteiger partial charge >= 0.3 is 0 Å². The van der Waals surface area contributed by atoms with Crippen molar-refractivity contribution in [1.82, 2.24) is 14.9 Å². The first-order valence-electron chi connectivity index (χ1n) is 6.69. The Morgan fingerprint density at radius 1 is 1.47 bits per heavy atom. The normalized spacial score (nSPS) is 21.0. The smallest absolute Gasteiger partial charge is 0.161 e. The van der Waals surface area contributed by atoms with Gasteiger partial charge in [-0.05, 0) is 28.4 Å². The third kappa shape index (κ3) is 3.24. The number of morpholine rings is 1. The summed E-state index contributed by atoms with van der Waals surface area (Å²) in [5.74, 6) is 1.48. The topological polar surface area (TPSA) is 64.3 Å². The number of hydrogen-bond donors (Lipinski definition) is 1. The number of aromatic nitrogens is 2. The van der Waals surface area contributed by atoms with E-state index in [4.69, 9.17) is 10.5 Å². The van der Waals surface area contributed by atoms with E-state index in [0.717, 1.165) is 36.4 Å². The number of nitrogen functional groups attached to an aromatic ring is 1. The lowest BCUT2D eigenvalue weighted by Gasteiger charge is -2.31. The van der Waals surface area contributed by atoms with Gasteiger partial charge in [-0.25, -0.2) is 9.97 Å². The summed E-state index contributed by atoms with van der Waals surface area (Å²) in [5.41, 5.74) is 6.91. The molecule has 2 rings (SSSR count). The van der Waals surface area contributed by atoms with Crippen LogP contribution in [0.25, 0.3) is 0 Å². The summed E-state index contributed by atoms with van der Waals surface area (Å²) in [7, 11) is 0. The summed E-state index contributed by atoms with van der Waals surface area (Å²) < 4.78 is 6.59. The average molecular weight is 329 g/mol. The molecule has 0 spiro atoms. The number of halogens is 1. The van der Waals surface area contributed by atoms with E-state index in [1.54, 1.807) is 0 Å². The molecule has 1 aliphatic heterocycles. The SMILES string of the molecule is CCN1CCOC(c2nc(N)c(Br)c(C(C)C)n2)C1. The van der Waals surface area contributed by atoms with Crippen LogP contribution in [0.1, 0.15) is 44.3 Å². The lowest BCUT2D eigenvalue weighted by molar-refractivity contribution is -0.0326. The van der Waals surface area contributed by atoms with Crippen molar-refractivity contribution in [3.63, 3.8) is 0 Å². The first-order chi connectivity index (χ1) is 9.02. The molecule has 5 nitrogen and oxygen atoms in total. The average Bonchev–Trinajstić information content (AvgIpc) is 2.41. The Hall–Kier alpha value is -0.720. The van der Waals surface area contributed by atoms with Gasteiger partial charge in [0, 0.05) is 13.1 Å². The highest BCUT2D eigenvalue weighted by Gasteiger charge is 2.25. The van der Waals surface area contributed by atoms with Crippen LogP contribution in [0.15, 0.2) is 4.47 Å². The third-order valence-electron chi connectivity index (χ3n) is 3.35. The molecule has 1 aromatic rings. The molecule has 0 aromatic carbocycles. The highest BCUT2D eigenvalue weighted by Crippen LogP contribution is 2.29. The molecular formula is C13H21BrN4O. The zero-order valence-electron chi connectivity index (χ0n) is 11.7. The first kappa shape index (κ1) is 14.7. The van der Waals surface area contributed by atoms with Gasteiger partial charge in [0.2, 0.25) is 0 Å². The van der Waals surface area contributed by atoms with Crippen molar-refractivity contribution >= 4 is 21.7 Å². The van der Waals surface area contributed by atoms with Crippen LogP contribution in [0, 0.1) is 0 Å². The standard InChI is InChI=1S/C13H21BrN4O/c1-4-18-5-6-19-9(7-18)13-16-11(8(2)3)10(14)12(15)17-13/h8-9H,4-7H2,1-3H3,(H2,15,16,17). The van der Waals surface area contributed by atoms with Gasteiger partial charge in [0.1, 0.15) is 11.9 Å². The largest absolute Gasteiger partial charge is 0.383 e.